The standard InChI is InChI=1S/C28H30O2.C27H23ClO2.C24H28O4.C23H26FNO4.C21H21NO4/c1-19-18-28(5,6)25-14-11-21(17-24(25)23(19)15-16-27(2,3)4)8-7-20-9-12-22(13-10-20)26(29)30;1-27(2)15-14-22(19-6-4-3-5-7-19)23-16-18(9-13-24(23)27)8-10-20-11-12-21(26(29)30)17-25(20)28;1-22(2)11-12-23(3,4)20-15-18(9-10-19(20)22)24(27-13-14-28-24)17-7-5-16(6-8-17)21(25)26;1-22(2)9-10-23(3,4)16-11-13(5-7-15(16)22)19(26)20(27)25-18-8-6-14(21(28)29)12-17(18)24;1-20(2)15-10-7-13(11-16(15)21(3,4)19(20)26)17(23)22-14-8-5-12(6-9-14)18(24)25/h7-14,17H,18H2,1-6H3,(H,29,30);3-14,16-17H,15H2,1-2H3,(H,29,30);5-10,15H,11-14H2,1-4H3,(H,25,26);5-8,11-12,19,26H,9-10H2,1-4H3,(H,25,27)(H,28,29);5-11H,1-4H3,(H,22,23)(H,24,25)/b8-7+;10-8+;;;/t;;;19-;/m...1./s1. The minimum atomic E-state index is -1.47. The van der Waals surface area contributed by atoms with Crippen molar-refractivity contribution in [1.82, 2.24) is 0 Å². The Hall–Kier alpha value is -14.0. The number of aliphatic hydroxyl groups is 1. The Kier molecular flexibility index (Phi) is 30.9. The van der Waals surface area contributed by atoms with Crippen molar-refractivity contribution in [2.45, 2.75) is 232 Å². The molecule has 1 atom stereocenters. The number of benzene rings is 11. The van der Waals surface area contributed by atoms with Crippen LogP contribution in [0, 0.1) is 23.1 Å². The average molecular weight is 1940 g/mol. The minimum Gasteiger partial charge on any atom is -0.478 e. The number of nitrogens with one attached hydrogen (secondary N) is 2. The smallest absolute Gasteiger partial charge is 0.335 e. The molecule has 18 nitrogen and oxygen atoms in total. The number of carboxylic acid groups (broad SMARTS) is 5. The number of allylic oxidation sites excluding steroid dienone is 3. The average Bonchev–Trinajstić information content (AvgIpc) is 1.65. The van der Waals surface area contributed by atoms with Gasteiger partial charge in [0.15, 0.2) is 11.9 Å². The summed E-state index contributed by atoms with van der Waals surface area (Å²) in [6.07, 6.45) is 15.3. The molecule has 0 spiro atoms. The normalized spacial score (nSPS) is 17.4. The highest BCUT2D eigenvalue weighted by atomic mass is 35.5. The Labute approximate surface area is 843 Å². The van der Waals surface area contributed by atoms with Gasteiger partial charge >= 0.3 is 29.8 Å². The predicted octanol–water partition coefficient (Wildman–Crippen LogP) is 27.7. The van der Waals surface area contributed by atoms with E-state index in [1.54, 1.807) is 78.9 Å². The maximum atomic E-state index is 14.1. The summed E-state index contributed by atoms with van der Waals surface area (Å²) in [5.41, 5.74) is 23.8. The lowest BCUT2D eigenvalue weighted by atomic mass is 9.62. The van der Waals surface area contributed by atoms with Crippen molar-refractivity contribution in [2.75, 3.05) is 23.8 Å². The number of rotatable bonds is 17. The van der Waals surface area contributed by atoms with Gasteiger partial charge in [-0.25, -0.2) is 28.4 Å². The summed E-state index contributed by atoms with van der Waals surface area (Å²) in [6.45, 7) is 44.3. The van der Waals surface area contributed by atoms with Crippen LogP contribution in [0.2, 0.25) is 5.02 Å². The Bertz CT molecular complexity index is 7020. The summed E-state index contributed by atoms with van der Waals surface area (Å²) in [5.74, 6) is -1.03. The monoisotopic (exact) mass is 1940 g/mol. The highest BCUT2D eigenvalue weighted by Gasteiger charge is 2.51. The second-order valence-electron chi connectivity index (χ2n) is 43.9. The van der Waals surface area contributed by atoms with Gasteiger partial charge in [0.1, 0.15) is 5.82 Å². The number of anilines is 2. The van der Waals surface area contributed by atoms with Crippen molar-refractivity contribution >= 4 is 106 Å². The minimum absolute atomic E-state index is 0.0195. The van der Waals surface area contributed by atoms with Crippen LogP contribution in [0.15, 0.2) is 242 Å². The largest absolute Gasteiger partial charge is 0.478 e. The van der Waals surface area contributed by atoms with Gasteiger partial charge in [0, 0.05) is 49.2 Å². The van der Waals surface area contributed by atoms with E-state index in [9.17, 15) is 53.0 Å². The molecule has 0 bridgehead atoms. The number of hydrogen-bond acceptors (Lipinski definition) is 11. The number of halogens is 2. The molecule has 11 aromatic rings. The summed E-state index contributed by atoms with van der Waals surface area (Å²) in [5, 5.41) is 61.2. The molecule has 8 N–H and O–H groups in total. The van der Waals surface area contributed by atoms with Crippen molar-refractivity contribution in [3.05, 3.63) is 387 Å². The Morgan fingerprint density at radius 1 is 0.434 bits per heavy atom. The van der Waals surface area contributed by atoms with Gasteiger partial charge in [0.2, 0.25) is 5.79 Å². The molecule has 0 aromatic heterocycles. The molecule has 1 saturated heterocycles. The van der Waals surface area contributed by atoms with E-state index in [4.69, 9.17) is 41.5 Å². The summed E-state index contributed by atoms with van der Waals surface area (Å²) < 4.78 is 26.4. The molecule has 1 aliphatic heterocycles. The van der Waals surface area contributed by atoms with Gasteiger partial charge in [-0.3, -0.25) is 14.4 Å². The number of fused-ring (bicyclic) bond motifs is 5. The Morgan fingerprint density at radius 3 is 1.43 bits per heavy atom. The third-order valence-corrected chi connectivity index (χ3v) is 28.9. The lowest BCUT2D eigenvalue weighted by Gasteiger charge is -2.42. The van der Waals surface area contributed by atoms with E-state index in [2.05, 4.69) is 224 Å². The summed E-state index contributed by atoms with van der Waals surface area (Å²) in [6, 6.07) is 68.8. The van der Waals surface area contributed by atoms with Gasteiger partial charge in [-0.2, -0.15) is 0 Å². The molecule has 1 fully saturated rings. The molecule has 143 heavy (non-hydrogen) atoms. The number of carbonyl (C=O) groups excluding carboxylic acids is 3. The second kappa shape index (κ2) is 41.5. The summed E-state index contributed by atoms with van der Waals surface area (Å²) in [4.78, 5) is 92.9. The van der Waals surface area contributed by atoms with E-state index >= 15 is 0 Å². The van der Waals surface area contributed by atoms with Crippen molar-refractivity contribution in [1.29, 1.82) is 0 Å². The van der Waals surface area contributed by atoms with Crippen LogP contribution < -0.4 is 10.6 Å². The number of carboxylic acids is 5. The fourth-order valence-corrected chi connectivity index (χ4v) is 20.2. The highest BCUT2D eigenvalue weighted by Crippen LogP contribution is 2.52. The highest BCUT2D eigenvalue weighted by molar-refractivity contribution is 6.32. The molecule has 0 unspecified atom stereocenters. The number of Topliss-reactive ketones (excluding diaryl/α,β-unsaturated/α-hetero) is 1. The molecule has 5 aliphatic carbocycles. The van der Waals surface area contributed by atoms with Gasteiger partial charge in [-0.05, 0) is 330 Å². The first-order valence-electron chi connectivity index (χ1n) is 48.2. The lowest BCUT2D eigenvalue weighted by Crippen LogP contribution is -2.35. The van der Waals surface area contributed by atoms with Crippen LogP contribution in [0.3, 0.4) is 0 Å². The van der Waals surface area contributed by atoms with Crippen molar-refractivity contribution in [3.8, 4) is 11.8 Å². The number of ether oxygens (including phenoxy) is 2. The van der Waals surface area contributed by atoms with Crippen LogP contribution in [0.1, 0.15) is 345 Å². The fourth-order valence-electron chi connectivity index (χ4n) is 19.9. The predicted molar refractivity (Wildman–Crippen MR) is 567 cm³/mol. The van der Waals surface area contributed by atoms with E-state index in [1.807, 2.05) is 82.3 Å². The molecular formula is C123H128ClFN2O16. The van der Waals surface area contributed by atoms with E-state index in [0.717, 1.165) is 93.8 Å². The van der Waals surface area contributed by atoms with E-state index in [1.165, 1.54) is 92.4 Å². The maximum Gasteiger partial charge on any atom is 0.335 e. The van der Waals surface area contributed by atoms with Gasteiger partial charge < -0.3 is 50.7 Å². The first-order valence-corrected chi connectivity index (χ1v) is 48.6. The molecule has 1 heterocycles. The summed E-state index contributed by atoms with van der Waals surface area (Å²) >= 11 is 6.27. The van der Waals surface area contributed by atoms with Gasteiger partial charge in [0.25, 0.3) is 11.8 Å². The molecule has 0 radical (unpaired) electrons. The van der Waals surface area contributed by atoms with Crippen LogP contribution in [-0.2, 0) is 68.2 Å². The van der Waals surface area contributed by atoms with Crippen LogP contribution >= 0.6 is 11.6 Å². The number of ketones is 1. The van der Waals surface area contributed by atoms with Gasteiger partial charge in [-0.15, -0.1) is 0 Å². The number of amides is 2. The summed E-state index contributed by atoms with van der Waals surface area (Å²) in [7, 11) is 0. The zero-order valence-electron chi connectivity index (χ0n) is 85.1. The molecular weight excluding hydrogens is 1820 g/mol. The van der Waals surface area contributed by atoms with Crippen molar-refractivity contribution < 1.29 is 82.9 Å². The lowest BCUT2D eigenvalue weighted by molar-refractivity contribution is -0.130. The number of aromatic carboxylic acids is 5. The molecule has 2 amide bonds. The number of hydrogen-bond donors (Lipinski definition) is 8. The van der Waals surface area contributed by atoms with Crippen LogP contribution in [0.5, 0.6) is 0 Å². The first-order chi connectivity index (χ1) is 66.9. The SMILES string of the molecule is CC1(C)C(=O)C(C)(C)c2cc(C(=O)Nc3ccc(C(=O)O)cc3)ccc21.CC1(C)CC=C(c2ccccc2)c2cc(/C=C/c3ccc(C(=O)O)cc3Cl)ccc21.CC1(C)CCC(C)(C)c2cc(C3(c4ccc(C(=O)O)cc4)OCCO3)ccc21.CC1(C)CCC(C)(C)c2cc([C@@H](O)C(=O)Nc3ccc(C(=O)O)cc3F)ccc21.CC1=C(C#CC(C)(C)C)c2cc(/C=C/c3ccc(C(=O)O)cc3)ccc2C(C)(C)C1. The molecule has 0 saturated carbocycles. The van der Waals surface area contributed by atoms with Crippen molar-refractivity contribution in [2.24, 2.45) is 5.41 Å². The topological polar surface area (TPSA) is 300 Å². The van der Waals surface area contributed by atoms with E-state index in [-0.39, 0.29) is 77.5 Å². The first kappa shape index (κ1) is 106. The Balaban J connectivity index is 0.000000150. The van der Waals surface area contributed by atoms with Crippen LogP contribution in [-0.4, -0.2) is 91.3 Å². The molecule has 17 rings (SSSR count). The van der Waals surface area contributed by atoms with Gasteiger partial charge in [0.05, 0.1) is 46.7 Å². The van der Waals surface area contributed by atoms with Crippen LogP contribution in [0.4, 0.5) is 15.8 Å². The second-order valence-corrected chi connectivity index (χ2v) is 44.3. The third-order valence-electron chi connectivity index (χ3n) is 28.5. The molecule has 11 aromatic carbocycles. The Morgan fingerprint density at radius 2 is 0.881 bits per heavy atom. The maximum absolute atomic E-state index is 14.1. The zero-order valence-corrected chi connectivity index (χ0v) is 85.8. The van der Waals surface area contributed by atoms with E-state index < -0.39 is 64.3 Å². The zero-order chi connectivity index (χ0) is 104. The fraction of sp³-hybridized carbons (Fsp3) is 0.317. The molecule has 20 heteroatoms. The molecule has 740 valence electrons. The van der Waals surface area contributed by atoms with Gasteiger partial charge in [-0.1, -0.05) is 264 Å². The van der Waals surface area contributed by atoms with Crippen molar-refractivity contribution in [3.63, 3.8) is 0 Å². The number of carbonyl (C=O) groups is 8. The van der Waals surface area contributed by atoms with Crippen LogP contribution in [0.25, 0.3) is 35.5 Å². The third kappa shape index (κ3) is 23.7. The molecule has 6 aliphatic rings. The quantitative estimate of drug-likeness (QED) is 0.0310. The number of aliphatic hydroxyl groups excluding tert-OH is 1. The van der Waals surface area contributed by atoms with E-state index in [0.29, 0.717) is 40.6 Å².